The fourth-order valence-corrected chi connectivity index (χ4v) is 1.65. The third-order valence-electron chi connectivity index (χ3n) is 3.54. The molecule has 1 aromatic rings. The minimum atomic E-state index is 0.0706. The van der Waals surface area contributed by atoms with E-state index < -0.39 is 0 Å². The van der Waals surface area contributed by atoms with Crippen LogP contribution >= 0.6 is 0 Å². The number of hydrogen-bond acceptors (Lipinski definition) is 1. The molecule has 1 nitrogen and oxygen atoms in total. The Labute approximate surface area is 105 Å². The summed E-state index contributed by atoms with van der Waals surface area (Å²) in [6.07, 6.45) is 1.76. The first-order chi connectivity index (χ1) is 7.92. The van der Waals surface area contributed by atoms with Crippen molar-refractivity contribution in [3.8, 4) is 0 Å². The molecular formula is C16H22O. The highest BCUT2D eigenvalue weighted by atomic mass is 16.1. The zero-order chi connectivity index (χ0) is 13.1. The molecule has 0 spiro atoms. The van der Waals surface area contributed by atoms with Crippen molar-refractivity contribution >= 4 is 5.78 Å². The SMILES string of the molecule is C=C(CC)C(=O)c1cccc(C(C)(C)CC)c1. The number of allylic oxidation sites excluding steroid dienone is 1. The number of carbonyl (C=O) groups is 1. The average molecular weight is 230 g/mol. The monoisotopic (exact) mass is 230 g/mol. The number of carbonyl (C=O) groups excluding carboxylic acids is 1. The van der Waals surface area contributed by atoms with E-state index in [0.717, 1.165) is 12.0 Å². The summed E-state index contributed by atoms with van der Waals surface area (Å²) >= 11 is 0. The Balaban J connectivity index is 3.10. The van der Waals surface area contributed by atoms with Gasteiger partial charge < -0.3 is 0 Å². The minimum absolute atomic E-state index is 0.0706. The normalized spacial score (nSPS) is 11.3. The van der Waals surface area contributed by atoms with Gasteiger partial charge in [-0.15, -0.1) is 0 Å². The van der Waals surface area contributed by atoms with Crippen LogP contribution < -0.4 is 0 Å². The fourth-order valence-electron chi connectivity index (χ4n) is 1.65. The van der Waals surface area contributed by atoms with Gasteiger partial charge in [-0.2, -0.15) is 0 Å². The molecule has 0 fully saturated rings. The lowest BCUT2D eigenvalue weighted by atomic mass is 9.81. The second-order valence-corrected chi connectivity index (χ2v) is 5.10. The maximum absolute atomic E-state index is 12.0. The van der Waals surface area contributed by atoms with Crippen molar-refractivity contribution in [3.63, 3.8) is 0 Å². The molecule has 0 aliphatic rings. The van der Waals surface area contributed by atoms with Crippen LogP contribution in [0.4, 0.5) is 0 Å². The van der Waals surface area contributed by atoms with Crippen molar-refractivity contribution in [2.24, 2.45) is 0 Å². The van der Waals surface area contributed by atoms with E-state index in [1.54, 1.807) is 0 Å². The first-order valence-corrected chi connectivity index (χ1v) is 6.25. The van der Waals surface area contributed by atoms with Crippen LogP contribution in [0.5, 0.6) is 0 Å². The van der Waals surface area contributed by atoms with E-state index >= 15 is 0 Å². The van der Waals surface area contributed by atoms with E-state index in [1.807, 2.05) is 25.1 Å². The molecule has 0 saturated heterocycles. The van der Waals surface area contributed by atoms with E-state index in [9.17, 15) is 4.79 Å². The standard InChI is InChI=1S/C16H22O/c1-6-12(3)15(17)13-9-8-10-14(11-13)16(4,5)7-2/h8-11H,3,6-7H2,1-2,4-5H3. The van der Waals surface area contributed by atoms with Crippen molar-refractivity contribution < 1.29 is 4.79 Å². The summed E-state index contributed by atoms with van der Waals surface area (Å²) in [4.78, 5) is 12.0. The van der Waals surface area contributed by atoms with Crippen LogP contribution in [-0.4, -0.2) is 5.78 Å². The molecule has 0 aliphatic carbocycles. The second-order valence-electron chi connectivity index (χ2n) is 5.10. The van der Waals surface area contributed by atoms with Gasteiger partial charge in [-0.3, -0.25) is 4.79 Å². The summed E-state index contributed by atoms with van der Waals surface area (Å²) in [5.74, 6) is 0.0706. The third-order valence-corrected chi connectivity index (χ3v) is 3.54. The summed E-state index contributed by atoms with van der Waals surface area (Å²) in [5.41, 5.74) is 2.77. The Morgan fingerprint density at radius 1 is 1.29 bits per heavy atom. The Morgan fingerprint density at radius 2 is 1.94 bits per heavy atom. The van der Waals surface area contributed by atoms with Gasteiger partial charge in [0.05, 0.1) is 0 Å². The zero-order valence-electron chi connectivity index (χ0n) is 11.3. The predicted molar refractivity (Wildman–Crippen MR) is 73.5 cm³/mol. The quantitative estimate of drug-likeness (QED) is 0.537. The van der Waals surface area contributed by atoms with Crippen molar-refractivity contribution in [2.75, 3.05) is 0 Å². The molecule has 0 unspecified atom stereocenters. The maximum Gasteiger partial charge on any atom is 0.188 e. The summed E-state index contributed by atoms with van der Waals surface area (Å²) in [6, 6.07) is 7.93. The average Bonchev–Trinajstić information content (AvgIpc) is 2.37. The largest absolute Gasteiger partial charge is 0.289 e. The molecule has 0 atom stereocenters. The summed E-state index contributed by atoms with van der Waals surface area (Å²) in [5, 5.41) is 0. The molecule has 0 aromatic heterocycles. The molecule has 0 N–H and O–H groups in total. The molecule has 1 rings (SSSR count). The van der Waals surface area contributed by atoms with Gasteiger partial charge in [0, 0.05) is 5.56 Å². The fraction of sp³-hybridized carbons (Fsp3) is 0.438. The van der Waals surface area contributed by atoms with Crippen LogP contribution in [0, 0.1) is 0 Å². The molecule has 0 aliphatic heterocycles. The molecule has 0 amide bonds. The second kappa shape index (κ2) is 5.31. The minimum Gasteiger partial charge on any atom is -0.289 e. The van der Waals surface area contributed by atoms with Crippen LogP contribution in [0.1, 0.15) is 56.5 Å². The van der Waals surface area contributed by atoms with Gasteiger partial charge in [0.25, 0.3) is 0 Å². The number of hydrogen-bond donors (Lipinski definition) is 0. The number of Topliss-reactive ketones (excluding diaryl/α,β-unsaturated/α-hetero) is 1. The van der Waals surface area contributed by atoms with Crippen LogP contribution in [0.2, 0.25) is 0 Å². The third kappa shape index (κ3) is 3.06. The molecule has 1 heteroatoms. The Morgan fingerprint density at radius 3 is 2.47 bits per heavy atom. The van der Waals surface area contributed by atoms with E-state index in [4.69, 9.17) is 0 Å². The first kappa shape index (κ1) is 13.7. The Hall–Kier alpha value is -1.37. The van der Waals surface area contributed by atoms with Crippen LogP contribution in [0.3, 0.4) is 0 Å². The first-order valence-electron chi connectivity index (χ1n) is 6.25. The highest BCUT2D eigenvalue weighted by molar-refractivity contribution is 6.08. The number of ketones is 1. The van der Waals surface area contributed by atoms with Crippen LogP contribution in [0.25, 0.3) is 0 Å². The van der Waals surface area contributed by atoms with Crippen molar-refractivity contribution in [3.05, 3.63) is 47.5 Å². The topological polar surface area (TPSA) is 17.1 Å². The van der Waals surface area contributed by atoms with Gasteiger partial charge in [-0.1, -0.05) is 52.5 Å². The van der Waals surface area contributed by atoms with Crippen molar-refractivity contribution in [1.82, 2.24) is 0 Å². The van der Waals surface area contributed by atoms with E-state index in [0.29, 0.717) is 12.0 Å². The van der Waals surface area contributed by atoms with Gasteiger partial charge in [0.1, 0.15) is 0 Å². The van der Waals surface area contributed by atoms with Gasteiger partial charge in [0.15, 0.2) is 5.78 Å². The summed E-state index contributed by atoms with van der Waals surface area (Å²) in [7, 11) is 0. The molecule has 0 radical (unpaired) electrons. The number of benzene rings is 1. The lowest BCUT2D eigenvalue weighted by molar-refractivity contribution is 0.103. The molecule has 0 heterocycles. The highest BCUT2D eigenvalue weighted by Gasteiger charge is 2.19. The smallest absolute Gasteiger partial charge is 0.188 e. The molecule has 1 aromatic carbocycles. The van der Waals surface area contributed by atoms with Gasteiger partial charge in [-0.25, -0.2) is 0 Å². The van der Waals surface area contributed by atoms with E-state index in [2.05, 4.69) is 33.4 Å². The summed E-state index contributed by atoms with van der Waals surface area (Å²) < 4.78 is 0. The zero-order valence-corrected chi connectivity index (χ0v) is 11.3. The van der Waals surface area contributed by atoms with E-state index in [1.165, 1.54) is 5.56 Å². The predicted octanol–water partition coefficient (Wildman–Crippen LogP) is 4.52. The van der Waals surface area contributed by atoms with Gasteiger partial charge >= 0.3 is 0 Å². The van der Waals surface area contributed by atoms with Gasteiger partial charge in [-0.05, 0) is 35.5 Å². The highest BCUT2D eigenvalue weighted by Crippen LogP contribution is 2.27. The maximum atomic E-state index is 12.0. The lowest BCUT2D eigenvalue weighted by Crippen LogP contribution is -2.16. The molecular weight excluding hydrogens is 208 g/mol. The van der Waals surface area contributed by atoms with Crippen LogP contribution in [-0.2, 0) is 5.41 Å². The molecule has 92 valence electrons. The summed E-state index contributed by atoms with van der Waals surface area (Å²) in [6.45, 7) is 12.3. The number of rotatable bonds is 5. The molecule has 0 saturated carbocycles. The van der Waals surface area contributed by atoms with Crippen LogP contribution in [0.15, 0.2) is 36.4 Å². The Kier molecular flexibility index (Phi) is 4.28. The Bertz CT molecular complexity index is 427. The molecule has 0 bridgehead atoms. The lowest BCUT2D eigenvalue weighted by Gasteiger charge is -2.23. The van der Waals surface area contributed by atoms with E-state index in [-0.39, 0.29) is 11.2 Å². The van der Waals surface area contributed by atoms with Crippen molar-refractivity contribution in [2.45, 2.75) is 46.0 Å². The van der Waals surface area contributed by atoms with Gasteiger partial charge in [0.2, 0.25) is 0 Å². The molecule has 17 heavy (non-hydrogen) atoms. The van der Waals surface area contributed by atoms with Crippen molar-refractivity contribution in [1.29, 1.82) is 0 Å².